The van der Waals surface area contributed by atoms with Gasteiger partial charge in [-0.05, 0) is 32.1 Å². The van der Waals surface area contributed by atoms with E-state index in [2.05, 4.69) is 24.5 Å². The van der Waals surface area contributed by atoms with Crippen LogP contribution in [0.1, 0.15) is 20.8 Å². The van der Waals surface area contributed by atoms with E-state index in [-0.39, 0.29) is 6.10 Å². The van der Waals surface area contributed by atoms with Gasteiger partial charge >= 0.3 is 0 Å². The molecule has 0 amide bonds. The molecule has 0 saturated heterocycles. The molecule has 0 aliphatic carbocycles. The zero-order chi connectivity index (χ0) is 13.4. The van der Waals surface area contributed by atoms with Crippen molar-refractivity contribution in [2.45, 2.75) is 26.9 Å². The fraction of sp³-hybridized carbons (Fsp3) is 0.538. The number of benzene rings is 1. The number of nitrogens with one attached hydrogen (secondary N) is 1. The lowest BCUT2D eigenvalue weighted by Crippen LogP contribution is -2.34. The summed E-state index contributed by atoms with van der Waals surface area (Å²) in [5.41, 5.74) is 0.746. The SMILES string of the molecule is CC1CN(N=O)c2ccccc2O1.CCNCC. The smallest absolute Gasteiger partial charge is 0.145 e. The van der Waals surface area contributed by atoms with Crippen molar-refractivity contribution in [1.29, 1.82) is 0 Å². The van der Waals surface area contributed by atoms with Gasteiger partial charge in [0.15, 0.2) is 0 Å². The number of para-hydroxylation sites is 2. The van der Waals surface area contributed by atoms with Crippen molar-refractivity contribution in [2.75, 3.05) is 24.6 Å². The van der Waals surface area contributed by atoms with Crippen LogP contribution in [0, 0.1) is 4.91 Å². The minimum Gasteiger partial charge on any atom is -0.487 e. The summed E-state index contributed by atoms with van der Waals surface area (Å²) in [5.74, 6) is 0.723. The molecule has 100 valence electrons. The van der Waals surface area contributed by atoms with Crippen LogP contribution in [0.5, 0.6) is 5.75 Å². The standard InChI is InChI=1S/C9H10N2O2.C4H11N/c1-7-6-11(10-12)8-4-2-3-5-9(8)13-7;1-3-5-4-2/h2-5,7H,6H2,1H3;5H,3-4H2,1-2H3. The third kappa shape index (κ3) is 4.00. The highest BCUT2D eigenvalue weighted by Crippen LogP contribution is 2.32. The number of anilines is 1. The highest BCUT2D eigenvalue weighted by molar-refractivity contribution is 5.59. The Kier molecular flexibility index (Phi) is 6.14. The summed E-state index contributed by atoms with van der Waals surface area (Å²) in [4.78, 5) is 10.5. The van der Waals surface area contributed by atoms with E-state index in [9.17, 15) is 4.91 Å². The third-order valence-electron chi connectivity index (χ3n) is 2.50. The Hall–Kier alpha value is -1.62. The van der Waals surface area contributed by atoms with E-state index in [0.29, 0.717) is 6.54 Å². The maximum absolute atomic E-state index is 10.5. The number of fused-ring (bicyclic) bond motifs is 1. The van der Waals surface area contributed by atoms with Crippen molar-refractivity contribution in [3.05, 3.63) is 29.2 Å². The second-order valence-corrected chi connectivity index (χ2v) is 4.02. The molecule has 2 rings (SSSR count). The van der Waals surface area contributed by atoms with Crippen molar-refractivity contribution < 1.29 is 4.74 Å². The van der Waals surface area contributed by atoms with E-state index in [0.717, 1.165) is 24.5 Å². The molecule has 1 aromatic rings. The average molecular weight is 251 g/mol. The summed E-state index contributed by atoms with van der Waals surface area (Å²) in [6.45, 7) is 8.81. The molecule has 5 heteroatoms. The van der Waals surface area contributed by atoms with Crippen LogP contribution in [0.4, 0.5) is 5.69 Å². The summed E-state index contributed by atoms with van der Waals surface area (Å²) in [7, 11) is 0. The molecule has 1 aliphatic rings. The van der Waals surface area contributed by atoms with Gasteiger partial charge in [0.2, 0.25) is 0 Å². The van der Waals surface area contributed by atoms with E-state index < -0.39 is 0 Å². The lowest BCUT2D eigenvalue weighted by atomic mass is 10.2. The number of nitrogens with zero attached hydrogens (tertiary/aromatic N) is 2. The molecule has 0 aromatic heterocycles. The van der Waals surface area contributed by atoms with E-state index in [1.165, 1.54) is 5.01 Å². The Morgan fingerprint density at radius 3 is 2.61 bits per heavy atom. The van der Waals surface area contributed by atoms with Crippen LogP contribution in [0.2, 0.25) is 0 Å². The molecule has 0 bridgehead atoms. The van der Waals surface area contributed by atoms with Crippen molar-refractivity contribution in [3.63, 3.8) is 0 Å². The first-order valence-electron chi connectivity index (χ1n) is 6.30. The Balaban J connectivity index is 0.000000280. The Morgan fingerprint density at radius 1 is 1.39 bits per heavy atom. The zero-order valence-corrected chi connectivity index (χ0v) is 11.2. The highest BCUT2D eigenvalue weighted by Gasteiger charge is 2.22. The van der Waals surface area contributed by atoms with Crippen molar-refractivity contribution in [3.8, 4) is 5.75 Å². The number of nitroso groups, excluding NO2 is 1. The number of ether oxygens (including phenoxy) is 1. The maximum atomic E-state index is 10.5. The first-order valence-corrected chi connectivity index (χ1v) is 6.30. The fourth-order valence-corrected chi connectivity index (χ4v) is 1.69. The largest absolute Gasteiger partial charge is 0.487 e. The van der Waals surface area contributed by atoms with E-state index in [4.69, 9.17) is 4.74 Å². The molecule has 1 atom stereocenters. The summed E-state index contributed by atoms with van der Waals surface area (Å²) in [6, 6.07) is 7.39. The minimum absolute atomic E-state index is 0.00704. The number of hydrogen-bond acceptors (Lipinski definition) is 4. The zero-order valence-electron chi connectivity index (χ0n) is 11.2. The predicted molar refractivity (Wildman–Crippen MR) is 73.9 cm³/mol. The van der Waals surface area contributed by atoms with Gasteiger partial charge in [0.05, 0.1) is 11.8 Å². The van der Waals surface area contributed by atoms with Crippen LogP contribution in [0.15, 0.2) is 29.6 Å². The summed E-state index contributed by atoms with van der Waals surface area (Å²) in [5, 5.41) is 7.47. The predicted octanol–water partition coefficient (Wildman–Crippen LogP) is 2.57. The first kappa shape index (κ1) is 14.4. The van der Waals surface area contributed by atoms with Crippen LogP contribution in [-0.4, -0.2) is 25.7 Å². The Bertz CT molecular complexity index is 369. The van der Waals surface area contributed by atoms with Gasteiger partial charge in [0, 0.05) is 0 Å². The molecule has 0 spiro atoms. The van der Waals surface area contributed by atoms with E-state index in [1.54, 1.807) is 0 Å². The molecule has 1 aliphatic heterocycles. The Labute approximate surface area is 108 Å². The van der Waals surface area contributed by atoms with Gasteiger partial charge in [0.1, 0.15) is 17.5 Å². The molecule has 1 heterocycles. The monoisotopic (exact) mass is 251 g/mol. The van der Waals surface area contributed by atoms with Crippen LogP contribution < -0.4 is 15.1 Å². The second kappa shape index (κ2) is 7.66. The molecule has 1 aromatic carbocycles. The molecule has 18 heavy (non-hydrogen) atoms. The topological polar surface area (TPSA) is 53.9 Å². The Morgan fingerprint density at radius 2 is 2.06 bits per heavy atom. The van der Waals surface area contributed by atoms with Gasteiger partial charge < -0.3 is 10.1 Å². The van der Waals surface area contributed by atoms with Crippen molar-refractivity contribution in [2.24, 2.45) is 5.29 Å². The first-order chi connectivity index (χ1) is 8.72. The van der Waals surface area contributed by atoms with Gasteiger partial charge in [-0.25, -0.2) is 5.01 Å². The van der Waals surface area contributed by atoms with Gasteiger partial charge in [-0.1, -0.05) is 26.0 Å². The molecular weight excluding hydrogens is 230 g/mol. The molecule has 0 saturated carbocycles. The lowest BCUT2D eigenvalue weighted by molar-refractivity contribution is 0.213. The normalized spacial score (nSPS) is 17.1. The summed E-state index contributed by atoms with van der Waals surface area (Å²) < 4.78 is 5.52. The van der Waals surface area contributed by atoms with Crippen LogP contribution in [0.25, 0.3) is 0 Å². The quantitative estimate of drug-likeness (QED) is 0.839. The average Bonchev–Trinajstić information content (AvgIpc) is 2.39. The van der Waals surface area contributed by atoms with Crippen LogP contribution >= 0.6 is 0 Å². The number of hydrogen-bond donors (Lipinski definition) is 1. The van der Waals surface area contributed by atoms with Gasteiger partial charge in [0.25, 0.3) is 0 Å². The third-order valence-corrected chi connectivity index (χ3v) is 2.50. The molecule has 1 N–H and O–H groups in total. The lowest BCUT2D eigenvalue weighted by Gasteiger charge is -2.28. The van der Waals surface area contributed by atoms with Crippen molar-refractivity contribution >= 4 is 5.69 Å². The van der Waals surface area contributed by atoms with E-state index in [1.807, 2.05) is 31.2 Å². The number of rotatable bonds is 3. The van der Waals surface area contributed by atoms with Crippen LogP contribution in [0.3, 0.4) is 0 Å². The minimum atomic E-state index is 0.00704. The molecule has 5 nitrogen and oxygen atoms in total. The molecular formula is C13H21N3O2. The highest BCUT2D eigenvalue weighted by atomic mass is 16.5. The molecule has 1 unspecified atom stereocenters. The molecule has 0 radical (unpaired) electrons. The van der Waals surface area contributed by atoms with Gasteiger partial charge in [-0.15, -0.1) is 4.91 Å². The van der Waals surface area contributed by atoms with Crippen LogP contribution in [-0.2, 0) is 0 Å². The summed E-state index contributed by atoms with van der Waals surface area (Å²) in [6.07, 6.45) is 0.00704. The summed E-state index contributed by atoms with van der Waals surface area (Å²) >= 11 is 0. The fourth-order valence-electron chi connectivity index (χ4n) is 1.69. The van der Waals surface area contributed by atoms with Gasteiger partial charge in [-0.2, -0.15) is 0 Å². The molecule has 0 fully saturated rings. The second-order valence-electron chi connectivity index (χ2n) is 4.02. The van der Waals surface area contributed by atoms with Gasteiger partial charge in [-0.3, -0.25) is 0 Å². The van der Waals surface area contributed by atoms with Crippen molar-refractivity contribution in [1.82, 2.24) is 5.32 Å². The van der Waals surface area contributed by atoms with E-state index >= 15 is 0 Å². The maximum Gasteiger partial charge on any atom is 0.145 e.